The first-order valence-electron chi connectivity index (χ1n) is 18.8. The van der Waals surface area contributed by atoms with Gasteiger partial charge in [0.2, 0.25) is 0 Å². The zero-order valence-corrected chi connectivity index (χ0v) is 29.8. The van der Waals surface area contributed by atoms with Crippen molar-refractivity contribution >= 4 is 17.2 Å². The average molecular weight is 589 g/mol. The van der Waals surface area contributed by atoms with Crippen LogP contribution in [0.25, 0.3) is 0 Å². The molecule has 0 N–H and O–H groups in total. The van der Waals surface area contributed by atoms with E-state index in [2.05, 4.69) is 27.7 Å². The Morgan fingerprint density at radius 2 is 0.410 bits per heavy atom. The van der Waals surface area contributed by atoms with E-state index in [1.54, 1.807) is 0 Å². The quantitative estimate of drug-likeness (QED) is 0.0528. The van der Waals surface area contributed by atoms with Crippen LogP contribution in [0.15, 0.2) is 0 Å². The summed E-state index contributed by atoms with van der Waals surface area (Å²) >= 11 is 8.04. The van der Waals surface area contributed by atoms with Gasteiger partial charge >= 0.3 is 210 Å². The van der Waals surface area contributed by atoms with Crippen LogP contribution in [0, 0.1) is 0 Å². The number of hydrogen-bond acceptors (Lipinski definition) is 0. The maximum atomic E-state index is 8.04. The predicted molar refractivity (Wildman–Crippen MR) is 189 cm³/mol. The Hall–Kier alpha value is 0.720. The van der Waals surface area contributed by atoms with Crippen molar-refractivity contribution in [3.8, 4) is 0 Å². The molecule has 0 amide bonds. The second-order valence-corrected chi connectivity index (χ2v) is 21.8. The van der Waals surface area contributed by atoms with Crippen molar-refractivity contribution in [1.82, 2.24) is 0 Å². The minimum atomic E-state index is -2.08. The van der Waals surface area contributed by atoms with Crippen molar-refractivity contribution in [3.63, 3.8) is 0 Å². The number of unbranched alkanes of at least 4 members (excludes halogenated alkanes) is 25. The molecule has 0 aliphatic carbocycles. The summed E-state index contributed by atoms with van der Waals surface area (Å²) in [4.78, 5) is 0. The Morgan fingerprint density at radius 1 is 0.256 bits per heavy atom. The van der Waals surface area contributed by atoms with Gasteiger partial charge in [-0.1, -0.05) is 45.4 Å². The average Bonchev–Trinajstić information content (AvgIpc) is 2.94. The van der Waals surface area contributed by atoms with Crippen LogP contribution in [-0.4, -0.2) is 24.6 Å². The van der Waals surface area contributed by atoms with E-state index in [9.17, 15) is 0 Å². The molecule has 0 saturated heterocycles. The maximum absolute atomic E-state index is 8.04. The molecule has 0 aromatic rings. The van der Waals surface area contributed by atoms with Crippen molar-refractivity contribution < 1.29 is 0 Å². The van der Waals surface area contributed by atoms with Gasteiger partial charge in [0.05, 0.1) is 0 Å². The van der Waals surface area contributed by atoms with Crippen LogP contribution >= 0.6 is 17.2 Å². The van der Waals surface area contributed by atoms with Gasteiger partial charge in [-0.2, -0.15) is 0 Å². The molecule has 238 valence electrons. The van der Waals surface area contributed by atoms with E-state index in [4.69, 9.17) is 11.2 Å². The van der Waals surface area contributed by atoms with Gasteiger partial charge in [0, 0.05) is 0 Å². The molecule has 0 fully saturated rings. The number of rotatable bonds is 33. The zero-order valence-electron chi connectivity index (χ0n) is 28.2. The Kier molecular flexibility index (Phi) is 29.4. The SMILES string of the molecule is CCCCCCCCCCCCCCCCCCCP(Cl)(CCCCCC)(CCCCCC)CCCCCC. The molecule has 0 spiro atoms. The van der Waals surface area contributed by atoms with Crippen LogP contribution in [0.1, 0.15) is 214 Å². The molecule has 2 heteroatoms. The molecule has 0 atom stereocenters. The molecule has 0 aromatic carbocycles. The molecular formula is C37H78ClP. The summed E-state index contributed by atoms with van der Waals surface area (Å²) in [6.07, 6.45) is 47.0. The minimum absolute atomic E-state index is 1.34. The van der Waals surface area contributed by atoms with Gasteiger partial charge in [-0.05, 0) is 0 Å². The molecule has 0 unspecified atom stereocenters. The van der Waals surface area contributed by atoms with Gasteiger partial charge in [-0.15, -0.1) is 0 Å². The monoisotopic (exact) mass is 589 g/mol. The predicted octanol–water partition coefficient (Wildman–Crippen LogP) is 15.1. The van der Waals surface area contributed by atoms with Gasteiger partial charge in [0.25, 0.3) is 0 Å². The van der Waals surface area contributed by atoms with Gasteiger partial charge in [0.15, 0.2) is 0 Å². The molecule has 0 heterocycles. The van der Waals surface area contributed by atoms with E-state index < -0.39 is 5.96 Å². The van der Waals surface area contributed by atoms with Crippen LogP contribution in [0.4, 0.5) is 0 Å². The molecule has 0 aromatic heterocycles. The third kappa shape index (κ3) is 25.0. The van der Waals surface area contributed by atoms with Gasteiger partial charge in [-0.25, -0.2) is 0 Å². The van der Waals surface area contributed by atoms with E-state index in [0.29, 0.717) is 0 Å². The fourth-order valence-electron chi connectivity index (χ4n) is 6.70. The van der Waals surface area contributed by atoms with Crippen LogP contribution in [0.2, 0.25) is 0 Å². The molecular weight excluding hydrogens is 511 g/mol. The molecule has 0 aliphatic heterocycles. The van der Waals surface area contributed by atoms with E-state index in [0.717, 1.165) is 0 Å². The summed E-state index contributed by atoms with van der Waals surface area (Å²) in [6, 6.07) is 0. The summed E-state index contributed by atoms with van der Waals surface area (Å²) in [7, 11) is 0. The van der Waals surface area contributed by atoms with E-state index in [-0.39, 0.29) is 0 Å². The van der Waals surface area contributed by atoms with E-state index in [1.807, 2.05) is 0 Å². The van der Waals surface area contributed by atoms with Crippen molar-refractivity contribution in [3.05, 3.63) is 0 Å². The number of halogens is 1. The molecule has 0 radical (unpaired) electrons. The van der Waals surface area contributed by atoms with Gasteiger partial charge < -0.3 is 0 Å². The van der Waals surface area contributed by atoms with Crippen LogP contribution < -0.4 is 0 Å². The molecule has 0 bridgehead atoms. The third-order valence-electron chi connectivity index (χ3n) is 9.53. The molecule has 0 saturated carbocycles. The summed E-state index contributed by atoms with van der Waals surface area (Å²) in [5, 5.41) is 0. The zero-order chi connectivity index (χ0) is 28.8. The summed E-state index contributed by atoms with van der Waals surface area (Å²) in [6.45, 7) is 9.33. The second-order valence-electron chi connectivity index (χ2n) is 13.6. The fraction of sp³-hybridized carbons (Fsp3) is 1.00. The molecule has 0 aliphatic rings. The van der Waals surface area contributed by atoms with Crippen molar-refractivity contribution in [1.29, 1.82) is 0 Å². The first-order chi connectivity index (χ1) is 19.0. The first kappa shape index (κ1) is 39.7. The Labute approximate surface area is 255 Å². The Bertz CT molecular complexity index is 442. The van der Waals surface area contributed by atoms with Crippen LogP contribution in [0.3, 0.4) is 0 Å². The molecule has 39 heavy (non-hydrogen) atoms. The second kappa shape index (κ2) is 28.8. The topological polar surface area (TPSA) is 0 Å². The van der Waals surface area contributed by atoms with Crippen LogP contribution in [0.5, 0.6) is 0 Å². The normalized spacial score (nSPS) is 13.1. The summed E-state index contributed by atoms with van der Waals surface area (Å²) in [5.41, 5.74) is 0. The molecule has 0 nitrogen and oxygen atoms in total. The van der Waals surface area contributed by atoms with Crippen molar-refractivity contribution in [2.75, 3.05) is 24.6 Å². The first-order valence-corrected chi connectivity index (χ1v) is 22.6. The van der Waals surface area contributed by atoms with E-state index in [1.165, 1.54) is 211 Å². The molecule has 0 rings (SSSR count). The fourth-order valence-corrected chi connectivity index (χ4v) is 13.5. The van der Waals surface area contributed by atoms with Gasteiger partial charge in [0.1, 0.15) is 0 Å². The summed E-state index contributed by atoms with van der Waals surface area (Å²) in [5.74, 6) is -2.08. The third-order valence-corrected chi connectivity index (χ3v) is 17.3. The number of hydrogen-bond donors (Lipinski definition) is 0. The van der Waals surface area contributed by atoms with Crippen molar-refractivity contribution in [2.45, 2.75) is 214 Å². The summed E-state index contributed by atoms with van der Waals surface area (Å²) < 4.78 is 0. The van der Waals surface area contributed by atoms with E-state index >= 15 is 0 Å². The van der Waals surface area contributed by atoms with Gasteiger partial charge in [-0.3, -0.25) is 0 Å². The van der Waals surface area contributed by atoms with Crippen LogP contribution in [-0.2, 0) is 0 Å². The standard InChI is InChI=1S/C37H78ClP/c1-5-9-13-17-18-19-20-21-22-23-24-25-26-27-28-29-33-37-39(38,34-30-14-10-6-2,35-31-15-11-7-3)36-32-16-12-8-4/h5-37H2,1-4H3. The van der Waals surface area contributed by atoms with Crippen molar-refractivity contribution in [2.24, 2.45) is 0 Å². The Morgan fingerprint density at radius 3 is 0.615 bits per heavy atom. The Balaban J connectivity index is 4.26.